The molecule has 7 N–H and O–H groups in total. The zero-order valence-corrected chi connectivity index (χ0v) is 34.0. The van der Waals surface area contributed by atoms with Crippen molar-refractivity contribution in [2.45, 2.75) is 75.8 Å². The van der Waals surface area contributed by atoms with Crippen LogP contribution in [0.1, 0.15) is 65.8 Å². The molecule has 2 heterocycles. The Kier molecular flexibility index (Phi) is 14.7. The summed E-state index contributed by atoms with van der Waals surface area (Å²) in [6.07, 6.45) is 4.85. The summed E-state index contributed by atoms with van der Waals surface area (Å²) in [6, 6.07) is 17.9. The number of halogens is 5. The van der Waals surface area contributed by atoms with E-state index in [4.69, 9.17) is 10.8 Å². The van der Waals surface area contributed by atoms with E-state index in [0.717, 1.165) is 61.0 Å². The van der Waals surface area contributed by atoms with Gasteiger partial charge in [-0.15, -0.1) is 12.4 Å². The Bertz CT molecular complexity index is 2140. The largest absolute Gasteiger partial charge is 0.477 e. The lowest BCUT2D eigenvalue weighted by atomic mass is 9.81. The van der Waals surface area contributed by atoms with Crippen LogP contribution in [0.15, 0.2) is 66.7 Å². The molecule has 2 fully saturated rings. The number of piperidine rings is 1. The maximum atomic E-state index is 14.3. The van der Waals surface area contributed by atoms with Gasteiger partial charge in [0, 0.05) is 35.2 Å². The number of carboxylic acid groups (broad SMARTS) is 1. The lowest BCUT2D eigenvalue weighted by molar-refractivity contribution is -0.231. The number of aromatic nitrogens is 3. The van der Waals surface area contributed by atoms with Crippen LogP contribution in [-0.4, -0.2) is 93.6 Å². The first-order valence-corrected chi connectivity index (χ1v) is 19.6. The summed E-state index contributed by atoms with van der Waals surface area (Å²) in [5.41, 5.74) is 10.3. The molecule has 1 atom stereocenters. The number of aryl methyl sites for hydroxylation is 1. The monoisotopic (exact) mass is 856 g/mol. The first-order chi connectivity index (χ1) is 28.0. The minimum Gasteiger partial charge on any atom is -0.477 e. The number of benzene rings is 3. The Balaban J connectivity index is 0.00000683. The Morgan fingerprint density at radius 3 is 2.17 bits per heavy atom. The molecule has 13 nitrogen and oxygen atoms in total. The first kappa shape index (κ1) is 45.7. The van der Waals surface area contributed by atoms with E-state index >= 15 is 0 Å². The van der Waals surface area contributed by atoms with Gasteiger partial charge in [0.2, 0.25) is 17.6 Å². The van der Waals surface area contributed by atoms with Crippen molar-refractivity contribution in [1.29, 1.82) is 0 Å². The first-order valence-electron chi connectivity index (χ1n) is 19.6. The summed E-state index contributed by atoms with van der Waals surface area (Å²) in [4.78, 5) is 56.9. The smallest absolute Gasteiger partial charge is 0.411 e. The van der Waals surface area contributed by atoms with Crippen LogP contribution in [-0.2, 0) is 26.7 Å². The number of nitrogens with zero attached hydrogens (tertiary/aromatic N) is 3. The molecule has 0 unspecified atom stereocenters. The van der Waals surface area contributed by atoms with E-state index in [-0.39, 0.29) is 59.7 Å². The molecule has 18 heteroatoms. The summed E-state index contributed by atoms with van der Waals surface area (Å²) in [7, 11) is 2.07. The van der Waals surface area contributed by atoms with Crippen molar-refractivity contribution in [3.8, 4) is 22.5 Å². The minimum atomic E-state index is -5.45. The van der Waals surface area contributed by atoms with Crippen molar-refractivity contribution in [3.05, 3.63) is 89.2 Å². The fourth-order valence-corrected chi connectivity index (χ4v) is 7.46. The molecule has 1 saturated carbocycles. The van der Waals surface area contributed by atoms with Gasteiger partial charge in [0.05, 0.1) is 0 Å². The Morgan fingerprint density at radius 2 is 1.55 bits per heavy atom. The van der Waals surface area contributed by atoms with E-state index in [2.05, 4.69) is 43.1 Å². The van der Waals surface area contributed by atoms with E-state index in [1.807, 2.05) is 49.4 Å². The second kappa shape index (κ2) is 19.3. The molecule has 1 aliphatic carbocycles. The molecule has 4 aromatic rings. The van der Waals surface area contributed by atoms with Crippen LogP contribution in [0.4, 0.5) is 23.2 Å². The standard InChI is InChI=1S/C42H48F4N8O5.ClH/c1-24-3-8-30(37(56)48-32-17-19-54(2)20-18-32)22-33(24)27-9-4-25(5-10-27)21-34(50-36(55)29-11-6-26(23-47)7-12-29)38(57)49-31-15-13-28(14-16-31)35-51-39(53-52-35)41(43,44)42(45,46)40(58)59;/h3-5,8-10,13-16,22,26,29,32,34H,6-7,11-12,17-21,23,47H2,1-2H3,(H,48,56)(H,49,57)(H,50,55)(H,58,59)(H,51,52,53);1H/t26-,29-,34-;/m0./s1. The molecule has 3 aromatic carbocycles. The highest BCUT2D eigenvalue weighted by Crippen LogP contribution is 2.42. The summed E-state index contributed by atoms with van der Waals surface area (Å²) in [6.45, 7) is 4.38. The number of carbonyl (C=O) groups excluding carboxylic acids is 3. The van der Waals surface area contributed by atoms with Gasteiger partial charge in [-0.3, -0.25) is 19.5 Å². The number of carboxylic acids is 1. The topological polar surface area (TPSA) is 195 Å². The Hall–Kier alpha value is -5.39. The number of nitrogens with two attached hydrogens (primary N) is 1. The third-order valence-electron chi connectivity index (χ3n) is 11.3. The zero-order valence-electron chi connectivity index (χ0n) is 33.2. The number of aromatic amines is 1. The Labute approximate surface area is 350 Å². The second-order valence-electron chi connectivity index (χ2n) is 15.5. The fourth-order valence-electron chi connectivity index (χ4n) is 7.46. The maximum Gasteiger partial charge on any atom is 0.411 e. The van der Waals surface area contributed by atoms with E-state index in [1.54, 1.807) is 0 Å². The minimum absolute atomic E-state index is 0. The van der Waals surface area contributed by atoms with Crippen LogP contribution in [0.2, 0.25) is 0 Å². The number of hydrogen-bond donors (Lipinski definition) is 6. The maximum absolute atomic E-state index is 14.3. The Morgan fingerprint density at radius 1 is 0.917 bits per heavy atom. The quantitative estimate of drug-likeness (QED) is 0.0833. The number of rotatable bonds is 14. The number of aliphatic carboxylic acids is 1. The van der Waals surface area contributed by atoms with Crippen molar-refractivity contribution >= 4 is 41.8 Å². The lowest BCUT2D eigenvalue weighted by Gasteiger charge is -2.29. The molecule has 6 rings (SSSR count). The van der Waals surface area contributed by atoms with Crippen molar-refractivity contribution < 1.29 is 41.8 Å². The van der Waals surface area contributed by atoms with Crippen molar-refractivity contribution in [2.24, 2.45) is 17.6 Å². The van der Waals surface area contributed by atoms with E-state index < -0.39 is 35.6 Å². The number of alkyl halides is 4. The van der Waals surface area contributed by atoms with Crippen LogP contribution in [0.3, 0.4) is 0 Å². The van der Waals surface area contributed by atoms with E-state index in [1.165, 1.54) is 24.3 Å². The van der Waals surface area contributed by atoms with Gasteiger partial charge in [-0.1, -0.05) is 30.3 Å². The molecule has 3 amide bonds. The highest BCUT2D eigenvalue weighted by atomic mass is 35.5. The molecule has 322 valence electrons. The normalized spacial score (nSPS) is 18.2. The molecule has 1 aliphatic heterocycles. The van der Waals surface area contributed by atoms with E-state index in [0.29, 0.717) is 30.9 Å². The third kappa shape index (κ3) is 10.5. The molecule has 60 heavy (non-hydrogen) atoms. The van der Waals surface area contributed by atoms with Gasteiger partial charge in [0.15, 0.2) is 5.82 Å². The average molecular weight is 857 g/mol. The molecular formula is C42H49ClF4N8O5. The number of hydrogen-bond acceptors (Lipinski definition) is 8. The van der Waals surface area contributed by atoms with Gasteiger partial charge in [-0.2, -0.15) is 22.7 Å². The van der Waals surface area contributed by atoms with Gasteiger partial charge in [0.25, 0.3) is 5.91 Å². The number of amides is 3. The molecular weight excluding hydrogens is 808 g/mol. The average Bonchev–Trinajstić information content (AvgIpc) is 3.73. The predicted molar refractivity (Wildman–Crippen MR) is 219 cm³/mol. The SMILES string of the molecule is Cc1ccc(C(=O)NC2CCN(C)CC2)cc1-c1ccc(C[C@H](NC(=O)[C@H]2CC[C@H](CN)CC2)C(=O)Nc2ccc(-c3nc(C(F)(F)C(F)(F)C(=O)O)n[nH]3)cc2)cc1.Cl. The van der Waals surface area contributed by atoms with Crippen LogP contribution in [0.5, 0.6) is 0 Å². The van der Waals surface area contributed by atoms with Crippen molar-refractivity contribution in [1.82, 2.24) is 30.7 Å². The van der Waals surface area contributed by atoms with Gasteiger partial charge >= 0.3 is 17.8 Å². The van der Waals surface area contributed by atoms with Gasteiger partial charge in [0.1, 0.15) is 6.04 Å². The summed E-state index contributed by atoms with van der Waals surface area (Å²) in [5.74, 6) is -16.5. The summed E-state index contributed by atoms with van der Waals surface area (Å²) in [5, 5.41) is 22.7. The number of anilines is 1. The van der Waals surface area contributed by atoms with Crippen LogP contribution in [0, 0.1) is 18.8 Å². The second-order valence-corrected chi connectivity index (χ2v) is 15.5. The predicted octanol–water partition coefficient (Wildman–Crippen LogP) is 5.94. The van der Waals surface area contributed by atoms with E-state index in [9.17, 15) is 36.7 Å². The van der Waals surface area contributed by atoms with Gasteiger partial charge < -0.3 is 31.7 Å². The summed E-state index contributed by atoms with van der Waals surface area (Å²) >= 11 is 0. The van der Waals surface area contributed by atoms with Crippen LogP contribution >= 0.6 is 12.4 Å². The van der Waals surface area contributed by atoms with Crippen LogP contribution < -0.4 is 21.7 Å². The highest BCUT2D eigenvalue weighted by Gasteiger charge is 2.66. The summed E-state index contributed by atoms with van der Waals surface area (Å²) < 4.78 is 55.9. The number of likely N-dealkylation sites (tertiary alicyclic amines) is 1. The fraction of sp³-hybridized carbons (Fsp3) is 0.429. The van der Waals surface area contributed by atoms with Gasteiger partial charge in [-0.25, -0.2) is 9.78 Å². The third-order valence-corrected chi connectivity index (χ3v) is 11.3. The zero-order chi connectivity index (χ0) is 42.5. The molecule has 1 aromatic heterocycles. The lowest BCUT2D eigenvalue weighted by Crippen LogP contribution is -2.48. The molecule has 1 saturated heterocycles. The number of carbonyl (C=O) groups is 4. The van der Waals surface area contributed by atoms with Crippen molar-refractivity contribution in [3.63, 3.8) is 0 Å². The van der Waals surface area contributed by atoms with Crippen LogP contribution in [0.25, 0.3) is 22.5 Å². The van der Waals surface area contributed by atoms with Crippen molar-refractivity contribution in [2.75, 3.05) is 32.0 Å². The molecule has 0 spiro atoms. The highest BCUT2D eigenvalue weighted by molar-refractivity contribution is 5.98. The number of nitrogens with one attached hydrogen (secondary N) is 4. The molecule has 0 radical (unpaired) electrons. The molecule has 2 aliphatic rings. The van der Waals surface area contributed by atoms with Gasteiger partial charge in [-0.05, 0) is 137 Å². The number of H-pyrrole nitrogens is 1. The molecule has 0 bridgehead atoms.